The first kappa shape index (κ1) is 24.5. The Labute approximate surface area is 221 Å². The molecular weight excluding hydrogens is 479 g/mol. The van der Waals surface area contributed by atoms with Gasteiger partial charge in [0.2, 0.25) is 0 Å². The lowest BCUT2D eigenvalue weighted by Gasteiger charge is -2.39. The standard InChI is InChI=1S/C33H28ClOP/c1-24-16-20-28(21-17-24)33(26-10-4-2-5-11-26,27-12-6-3-7-13-27)31-15-9-8-14-30(31)32(35-36)25-18-22-29(34)23-19-25/h2-23,32H,36H2,1H3/t32-/m0/s1. The maximum absolute atomic E-state index is 6.22. The van der Waals surface area contributed by atoms with E-state index in [0.717, 1.165) is 11.1 Å². The normalized spacial score (nSPS) is 12.3. The highest BCUT2D eigenvalue weighted by Crippen LogP contribution is 2.48. The first-order valence-electron chi connectivity index (χ1n) is 12.0. The Morgan fingerprint density at radius 1 is 0.611 bits per heavy atom. The second kappa shape index (κ2) is 10.8. The molecule has 1 unspecified atom stereocenters. The summed E-state index contributed by atoms with van der Waals surface area (Å²) < 4.78 is 6.10. The van der Waals surface area contributed by atoms with Crippen molar-refractivity contribution < 1.29 is 4.52 Å². The van der Waals surface area contributed by atoms with E-state index in [0.29, 0.717) is 5.02 Å². The first-order chi connectivity index (χ1) is 17.6. The zero-order chi connectivity index (χ0) is 25.0. The van der Waals surface area contributed by atoms with Crippen LogP contribution in [0.4, 0.5) is 0 Å². The van der Waals surface area contributed by atoms with Gasteiger partial charge in [0.1, 0.15) is 6.10 Å². The van der Waals surface area contributed by atoms with Crippen molar-refractivity contribution >= 4 is 21.1 Å². The SMILES string of the molecule is Cc1ccc(C(c2ccccc2)(c2ccccc2)c2ccccc2[C@@H](OP)c2ccc(Cl)cc2)cc1. The van der Waals surface area contributed by atoms with Crippen LogP contribution < -0.4 is 0 Å². The molecule has 2 atom stereocenters. The number of hydrogen-bond donors (Lipinski definition) is 0. The summed E-state index contributed by atoms with van der Waals surface area (Å²) in [4.78, 5) is 0. The van der Waals surface area contributed by atoms with Crippen molar-refractivity contribution in [3.63, 3.8) is 0 Å². The van der Waals surface area contributed by atoms with E-state index in [9.17, 15) is 0 Å². The van der Waals surface area contributed by atoms with Crippen molar-refractivity contribution in [1.29, 1.82) is 0 Å². The van der Waals surface area contributed by atoms with E-state index in [1.54, 1.807) is 0 Å². The van der Waals surface area contributed by atoms with E-state index in [-0.39, 0.29) is 6.10 Å². The topological polar surface area (TPSA) is 9.23 Å². The lowest BCUT2D eigenvalue weighted by atomic mass is 9.63. The molecule has 0 radical (unpaired) electrons. The number of aryl methyl sites for hydroxylation is 1. The van der Waals surface area contributed by atoms with E-state index < -0.39 is 5.41 Å². The van der Waals surface area contributed by atoms with Crippen molar-refractivity contribution in [3.05, 3.63) is 177 Å². The molecule has 0 saturated heterocycles. The van der Waals surface area contributed by atoms with Gasteiger partial charge in [-0.1, -0.05) is 138 Å². The van der Waals surface area contributed by atoms with E-state index >= 15 is 0 Å². The largest absolute Gasteiger partial charge is 0.353 e. The van der Waals surface area contributed by atoms with Gasteiger partial charge in [-0.15, -0.1) is 0 Å². The van der Waals surface area contributed by atoms with Gasteiger partial charge in [-0.2, -0.15) is 0 Å². The molecule has 0 aliphatic rings. The summed E-state index contributed by atoms with van der Waals surface area (Å²) >= 11 is 6.22. The second-order valence-electron chi connectivity index (χ2n) is 9.00. The summed E-state index contributed by atoms with van der Waals surface area (Å²) in [5.41, 5.74) is 7.60. The minimum absolute atomic E-state index is 0.291. The Morgan fingerprint density at radius 3 is 1.67 bits per heavy atom. The summed E-state index contributed by atoms with van der Waals surface area (Å²) in [5.74, 6) is 0. The molecule has 0 spiro atoms. The van der Waals surface area contributed by atoms with Crippen molar-refractivity contribution in [2.45, 2.75) is 18.4 Å². The zero-order valence-electron chi connectivity index (χ0n) is 20.1. The Balaban J connectivity index is 1.88. The highest BCUT2D eigenvalue weighted by molar-refractivity contribution is 7.09. The Bertz CT molecular complexity index is 1380. The van der Waals surface area contributed by atoms with Crippen LogP contribution in [-0.4, -0.2) is 0 Å². The monoisotopic (exact) mass is 506 g/mol. The second-order valence-corrected chi connectivity index (χ2v) is 9.71. The van der Waals surface area contributed by atoms with E-state index in [1.807, 2.05) is 24.3 Å². The number of rotatable bonds is 7. The van der Waals surface area contributed by atoms with Gasteiger partial charge in [0, 0.05) is 14.5 Å². The molecule has 3 heteroatoms. The number of hydrogen-bond acceptors (Lipinski definition) is 1. The van der Waals surface area contributed by atoms with Crippen LogP contribution in [0.15, 0.2) is 133 Å². The van der Waals surface area contributed by atoms with Crippen LogP contribution in [0.3, 0.4) is 0 Å². The molecule has 5 rings (SSSR count). The summed E-state index contributed by atoms with van der Waals surface area (Å²) in [5, 5.41) is 0.706. The molecule has 0 aliphatic carbocycles. The quantitative estimate of drug-likeness (QED) is 0.158. The molecule has 0 amide bonds. The van der Waals surface area contributed by atoms with Crippen LogP contribution in [0.25, 0.3) is 0 Å². The molecular formula is C33H28ClOP. The molecule has 5 aromatic rings. The molecule has 0 aliphatic heterocycles. The molecule has 0 N–H and O–H groups in total. The molecule has 0 fully saturated rings. The molecule has 0 saturated carbocycles. The van der Waals surface area contributed by atoms with Gasteiger partial charge in [-0.05, 0) is 52.4 Å². The third kappa shape index (κ3) is 4.51. The lowest BCUT2D eigenvalue weighted by molar-refractivity contribution is 0.291. The fourth-order valence-electron chi connectivity index (χ4n) is 5.18. The van der Waals surface area contributed by atoms with Crippen LogP contribution in [0, 0.1) is 6.92 Å². The summed E-state index contributed by atoms with van der Waals surface area (Å²) in [6, 6.07) is 46.9. The van der Waals surface area contributed by atoms with E-state index in [1.165, 1.54) is 27.8 Å². The molecule has 0 aromatic heterocycles. The Kier molecular flexibility index (Phi) is 7.35. The smallest absolute Gasteiger partial charge is 0.111 e. The minimum Gasteiger partial charge on any atom is -0.353 e. The van der Waals surface area contributed by atoms with Gasteiger partial charge in [0.05, 0.1) is 5.41 Å². The van der Waals surface area contributed by atoms with Gasteiger partial charge < -0.3 is 4.52 Å². The average Bonchev–Trinajstić information content (AvgIpc) is 2.93. The third-order valence-electron chi connectivity index (χ3n) is 6.85. The lowest BCUT2D eigenvalue weighted by Crippen LogP contribution is -2.32. The molecule has 0 bridgehead atoms. The third-order valence-corrected chi connectivity index (χ3v) is 7.38. The van der Waals surface area contributed by atoms with Crippen molar-refractivity contribution in [2.24, 2.45) is 0 Å². The number of benzene rings is 5. The Hall–Kier alpha value is -3.22. The highest BCUT2D eigenvalue weighted by Gasteiger charge is 2.40. The van der Waals surface area contributed by atoms with Crippen LogP contribution >= 0.6 is 21.1 Å². The maximum atomic E-state index is 6.22. The molecule has 5 aromatic carbocycles. The zero-order valence-corrected chi connectivity index (χ0v) is 22.1. The molecule has 36 heavy (non-hydrogen) atoms. The predicted molar refractivity (Wildman–Crippen MR) is 154 cm³/mol. The van der Waals surface area contributed by atoms with Gasteiger partial charge in [0.25, 0.3) is 0 Å². The molecule has 0 heterocycles. The van der Waals surface area contributed by atoms with Gasteiger partial charge in [-0.3, -0.25) is 0 Å². The Morgan fingerprint density at radius 2 is 1.11 bits per heavy atom. The minimum atomic E-state index is -0.555. The van der Waals surface area contributed by atoms with Crippen LogP contribution in [0.5, 0.6) is 0 Å². The number of halogens is 1. The van der Waals surface area contributed by atoms with Crippen LogP contribution in [0.1, 0.15) is 45.0 Å². The average molecular weight is 507 g/mol. The molecule has 178 valence electrons. The fourth-order valence-corrected chi connectivity index (χ4v) is 5.61. The fraction of sp³-hybridized carbons (Fsp3) is 0.0909. The summed E-state index contributed by atoms with van der Waals surface area (Å²) in [7, 11) is 2.48. The van der Waals surface area contributed by atoms with Gasteiger partial charge in [0.15, 0.2) is 0 Å². The summed E-state index contributed by atoms with van der Waals surface area (Å²) in [6.07, 6.45) is -0.291. The predicted octanol–water partition coefficient (Wildman–Crippen LogP) is 8.93. The van der Waals surface area contributed by atoms with Crippen molar-refractivity contribution in [1.82, 2.24) is 0 Å². The van der Waals surface area contributed by atoms with E-state index in [4.69, 9.17) is 16.1 Å². The maximum Gasteiger partial charge on any atom is 0.111 e. The summed E-state index contributed by atoms with van der Waals surface area (Å²) in [6.45, 7) is 2.13. The van der Waals surface area contributed by atoms with E-state index in [2.05, 4.69) is 126 Å². The van der Waals surface area contributed by atoms with Gasteiger partial charge in [-0.25, -0.2) is 0 Å². The first-order valence-corrected chi connectivity index (χ1v) is 12.9. The van der Waals surface area contributed by atoms with Crippen molar-refractivity contribution in [2.75, 3.05) is 0 Å². The van der Waals surface area contributed by atoms with Crippen molar-refractivity contribution in [3.8, 4) is 0 Å². The highest BCUT2D eigenvalue weighted by atomic mass is 35.5. The van der Waals surface area contributed by atoms with Crippen LogP contribution in [0.2, 0.25) is 5.02 Å². The van der Waals surface area contributed by atoms with Gasteiger partial charge >= 0.3 is 0 Å². The van der Waals surface area contributed by atoms with Crippen LogP contribution in [-0.2, 0) is 9.94 Å². The molecule has 1 nitrogen and oxygen atoms in total.